The third-order valence-electron chi connectivity index (χ3n) is 4.99. The van der Waals surface area contributed by atoms with Crippen LogP contribution in [-0.2, 0) is 11.3 Å². The summed E-state index contributed by atoms with van der Waals surface area (Å²) in [7, 11) is 0. The lowest BCUT2D eigenvalue weighted by Crippen LogP contribution is -2.20. The molecule has 0 saturated heterocycles. The predicted molar refractivity (Wildman–Crippen MR) is 110 cm³/mol. The average Bonchev–Trinajstić information content (AvgIpc) is 3.31. The molecule has 7 heteroatoms. The number of allylic oxidation sites excluding steroid dienone is 1. The van der Waals surface area contributed by atoms with Crippen molar-refractivity contribution in [1.29, 1.82) is 0 Å². The van der Waals surface area contributed by atoms with Crippen LogP contribution < -0.4 is 0 Å². The lowest BCUT2D eigenvalue weighted by atomic mass is 9.87. The van der Waals surface area contributed by atoms with Crippen molar-refractivity contribution in [3.05, 3.63) is 80.8 Å². The van der Waals surface area contributed by atoms with Gasteiger partial charge in [-0.15, -0.1) is 5.10 Å². The number of halogens is 1. The molecule has 138 valence electrons. The highest BCUT2D eigenvalue weighted by Gasteiger charge is 2.40. The van der Waals surface area contributed by atoms with Crippen molar-refractivity contribution in [3.8, 4) is 11.3 Å². The van der Waals surface area contributed by atoms with Gasteiger partial charge in [-0.3, -0.25) is 9.59 Å². The summed E-state index contributed by atoms with van der Waals surface area (Å²) in [5.74, 6) is -0.149. The van der Waals surface area contributed by atoms with E-state index >= 15 is 0 Å². The first-order valence-corrected chi connectivity index (χ1v) is 9.94. The molecule has 0 spiro atoms. The van der Waals surface area contributed by atoms with Gasteiger partial charge in [0.25, 0.3) is 0 Å². The zero-order valence-corrected chi connectivity index (χ0v) is 16.8. The van der Waals surface area contributed by atoms with Crippen molar-refractivity contribution >= 4 is 34.2 Å². The molecule has 0 fully saturated rings. The molecule has 1 atom stereocenters. The minimum atomic E-state index is -0.328. The van der Waals surface area contributed by atoms with Gasteiger partial charge in [-0.2, -0.15) is 0 Å². The fraction of sp³-hybridized carbons (Fsp3) is 0.143. The quantitative estimate of drug-likeness (QED) is 0.532. The Morgan fingerprint density at radius 2 is 1.68 bits per heavy atom. The van der Waals surface area contributed by atoms with E-state index in [-0.39, 0.29) is 23.4 Å². The number of benzene rings is 2. The lowest BCUT2D eigenvalue weighted by Gasteiger charge is -2.15. The van der Waals surface area contributed by atoms with E-state index in [0.29, 0.717) is 29.7 Å². The molecule has 2 aromatic carbocycles. The first-order chi connectivity index (χ1) is 13.6. The number of Topliss-reactive ketones (excluding diaryl/α,β-unsaturated/α-hetero) is 2. The van der Waals surface area contributed by atoms with Crippen LogP contribution in [0.2, 0.25) is 0 Å². The third kappa shape index (κ3) is 2.69. The Hall–Kier alpha value is -2.81. The van der Waals surface area contributed by atoms with Crippen LogP contribution in [0.25, 0.3) is 11.3 Å². The van der Waals surface area contributed by atoms with Crippen molar-refractivity contribution in [2.45, 2.75) is 19.1 Å². The summed E-state index contributed by atoms with van der Waals surface area (Å²) in [4.78, 5) is 25.5. The second kappa shape index (κ2) is 6.66. The molecule has 28 heavy (non-hydrogen) atoms. The maximum absolute atomic E-state index is 12.8. The molecule has 0 N–H and O–H groups in total. The van der Waals surface area contributed by atoms with Gasteiger partial charge < -0.3 is 4.74 Å². The maximum atomic E-state index is 12.8. The Kier molecular flexibility index (Phi) is 4.12. The predicted octanol–water partition coefficient (Wildman–Crippen LogP) is 3.67. The lowest BCUT2D eigenvalue weighted by molar-refractivity contribution is 0.0800. The second-order valence-electron chi connectivity index (χ2n) is 6.73. The molecule has 0 amide bonds. The number of hydrogen-bond acceptors (Lipinski definition) is 5. The van der Waals surface area contributed by atoms with E-state index in [1.54, 1.807) is 28.9 Å². The fourth-order valence-electron chi connectivity index (χ4n) is 3.64. The molecule has 3 aromatic rings. The van der Waals surface area contributed by atoms with Crippen molar-refractivity contribution in [3.63, 3.8) is 0 Å². The van der Waals surface area contributed by atoms with E-state index < -0.39 is 0 Å². The van der Waals surface area contributed by atoms with Gasteiger partial charge in [0.15, 0.2) is 11.5 Å². The number of ketones is 2. The molecule has 1 aliphatic carbocycles. The van der Waals surface area contributed by atoms with Gasteiger partial charge in [0, 0.05) is 28.7 Å². The summed E-state index contributed by atoms with van der Waals surface area (Å²) in [5, 5.41) is 8.52. The Morgan fingerprint density at radius 1 is 1.00 bits per heavy atom. The van der Waals surface area contributed by atoms with Crippen LogP contribution in [0, 0.1) is 3.70 Å². The third-order valence-corrected chi connectivity index (χ3v) is 6.05. The van der Waals surface area contributed by atoms with E-state index in [2.05, 4.69) is 32.9 Å². The molecule has 2 heterocycles. The monoisotopic (exact) mass is 483 g/mol. The number of carbonyl (C=O) groups excluding carboxylic acids is 2. The Labute approximate surface area is 174 Å². The maximum Gasteiger partial charge on any atom is 0.228 e. The summed E-state index contributed by atoms with van der Waals surface area (Å²) >= 11 is 2.21. The minimum absolute atomic E-state index is 0.119. The standard InChI is InChI=1S/C21H14IN3O3/c22-21-17(12-6-2-1-3-7-12)23-24-25(21)11-13-10-16-18(26)14-8-4-5-9-15(14)19(27)20(16)28-13/h1-9,13H,10-11H2. The van der Waals surface area contributed by atoms with E-state index in [9.17, 15) is 9.59 Å². The smallest absolute Gasteiger partial charge is 0.228 e. The van der Waals surface area contributed by atoms with Crippen molar-refractivity contribution < 1.29 is 14.3 Å². The van der Waals surface area contributed by atoms with Gasteiger partial charge in [-0.05, 0) is 22.6 Å². The average molecular weight is 483 g/mol. The highest BCUT2D eigenvalue weighted by molar-refractivity contribution is 14.1. The molecule has 0 radical (unpaired) electrons. The molecule has 1 aromatic heterocycles. The molecule has 1 aliphatic heterocycles. The van der Waals surface area contributed by atoms with Gasteiger partial charge >= 0.3 is 0 Å². The van der Waals surface area contributed by atoms with Crippen molar-refractivity contribution in [1.82, 2.24) is 15.0 Å². The van der Waals surface area contributed by atoms with Crippen molar-refractivity contribution in [2.24, 2.45) is 0 Å². The molecule has 5 rings (SSSR count). The van der Waals surface area contributed by atoms with Gasteiger partial charge in [0.1, 0.15) is 15.5 Å². The number of fused-ring (bicyclic) bond motifs is 1. The molecular weight excluding hydrogens is 469 g/mol. The number of nitrogens with zero attached hydrogens (tertiary/aromatic N) is 3. The SMILES string of the molecule is O=C1C2=C(OC(Cn3nnc(-c4ccccc4)c3I)C2)C(=O)c2ccccc21. The number of aromatic nitrogens is 3. The molecule has 0 bridgehead atoms. The first-order valence-electron chi connectivity index (χ1n) is 8.86. The number of carbonyl (C=O) groups is 2. The van der Waals surface area contributed by atoms with E-state index in [1.165, 1.54) is 0 Å². The highest BCUT2D eigenvalue weighted by Crippen LogP contribution is 2.36. The van der Waals surface area contributed by atoms with E-state index in [1.807, 2.05) is 30.3 Å². The van der Waals surface area contributed by atoms with Crippen LogP contribution in [0.15, 0.2) is 65.9 Å². The zero-order chi connectivity index (χ0) is 19.3. The summed E-state index contributed by atoms with van der Waals surface area (Å²) in [6.45, 7) is 0.419. The zero-order valence-electron chi connectivity index (χ0n) is 14.6. The van der Waals surface area contributed by atoms with E-state index in [0.717, 1.165) is 15.0 Å². The van der Waals surface area contributed by atoms with Crippen LogP contribution in [-0.4, -0.2) is 32.7 Å². The Balaban J connectivity index is 1.39. The van der Waals surface area contributed by atoms with Crippen LogP contribution in [0.5, 0.6) is 0 Å². The largest absolute Gasteiger partial charge is 0.484 e. The Bertz CT molecular complexity index is 1100. The van der Waals surface area contributed by atoms with Crippen LogP contribution in [0.4, 0.5) is 0 Å². The summed E-state index contributed by atoms with van der Waals surface area (Å²) in [5.41, 5.74) is 3.12. The molecule has 6 nitrogen and oxygen atoms in total. The van der Waals surface area contributed by atoms with Crippen LogP contribution in [0.1, 0.15) is 27.1 Å². The number of rotatable bonds is 3. The highest BCUT2D eigenvalue weighted by atomic mass is 127. The van der Waals surface area contributed by atoms with Crippen molar-refractivity contribution in [2.75, 3.05) is 0 Å². The summed E-state index contributed by atoms with van der Waals surface area (Å²) in [6, 6.07) is 16.7. The number of hydrogen-bond donors (Lipinski definition) is 0. The second-order valence-corrected chi connectivity index (χ2v) is 7.75. The number of ether oxygens (including phenoxy) is 1. The minimum Gasteiger partial charge on any atom is -0.484 e. The molecule has 2 aliphatic rings. The molecular formula is C21H14IN3O3. The van der Waals surface area contributed by atoms with E-state index in [4.69, 9.17) is 4.74 Å². The first kappa shape index (κ1) is 17.3. The van der Waals surface area contributed by atoms with Gasteiger partial charge in [0.2, 0.25) is 5.78 Å². The normalized spacial score (nSPS) is 18.1. The van der Waals surface area contributed by atoms with Crippen LogP contribution in [0.3, 0.4) is 0 Å². The molecule has 0 saturated carbocycles. The van der Waals surface area contributed by atoms with Gasteiger partial charge in [-0.1, -0.05) is 59.8 Å². The van der Waals surface area contributed by atoms with Gasteiger partial charge in [0.05, 0.1) is 6.54 Å². The summed E-state index contributed by atoms with van der Waals surface area (Å²) in [6.07, 6.45) is 0.0660. The Morgan fingerprint density at radius 3 is 2.43 bits per heavy atom. The van der Waals surface area contributed by atoms with Crippen LogP contribution >= 0.6 is 22.6 Å². The topological polar surface area (TPSA) is 74.1 Å². The summed E-state index contributed by atoms with van der Waals surface area (Å²) < 4.78 is 8.54. The fourth-order valence-corrected chi connectivity index (χ4v) is 4.35. The van der Waals surface area contributed by atoms with Gasteiger partial charge in [-0.25, -0.2) is 4.68 Å². The molecule has 1 unspecified atom stereocenters.